The molecule has 0 radical (unpaired) electrons. The fraction of sp³-hybridized carbons (Fsp3) is 0.455. The smallest absolute Gasteiger partial charge is 0.306 e. The third kappa shape index (κ3) is 3.71. The summed E-state index contributed by atoms with van der Waals surface area (Å²) < 4.78 is 39.4. The zero-order valence-electron chi connectivity index (χ0n) is 10.9. The van der Waals surface area contributed by atoms with Crippen LogP contribution < -0.4 is 4.72 Å². The predicted molar refractivity (Wildman–Crippen MR) is 69.1 cm³/mol. The molecule has 0 saturated heterocycles. The Labute approximate surface area is 115 Å². The van der Waals surface area contributed by atoms with Crippen LogP contribution in [0, 0.1) is 21.8 Å². The number of nitro benzene ring substituents is 1. The normalized spacial score (nSPS) is 13.4. The van der Waals surface area contributed by atoms with Crippen LogP contribution in [0.5, 0.6) is 0 Å². The van der Waals surface area contributed by atoms with Gasteiger partial charge in [0.2, 0.25) is 15.8 Å². The maximum absolute atomic E-state index is 13.2. The third-order valence-electron chi connectivity index (χ3n) is 2.73. The molecular weight excluding hydrogens is 291 g/mol. The molecule has 0 aliphatic rings. The number of aliphatic hydroxyl groups excluding tert-OH is 1. The Bertz CT molecular complexity index is 603. The van der Waals surface area contributed by atoms with Crippen LogP contribution in [0.1, 0.15) is 13.8 Å². The summed E-state index contributed by atoms with van der Waals surface area (Å²) >= 11 is 0. The number of rotatable bonds is 6. The van der Waals surface area contributed by atoms with Crippen molar-refractivity contribution in [3.8, 4) is 0 Å². The number of hydrogen-bond donors (Lipinski definition) is 2. The summed E-state index contributed by atoms with van der Waals surface area (Å²) in [7, 11) is -4.07. The van der Waals surface area contributed by atoms with Crippen molar-refractivity contribution in [1.29, 1.82) is 0 Å². The Morgan fingerprint density at radius 2 is 2.05 bits per heavy atom. The topological polar surface area (TPSA) is 110 Å². The summed E-state index contributed by atoms with van der Waals surface area (Å²) in [4.78, 5) is 9.17. The van der Waals surface area contributed by atoms with Gasteiger partial charge in [-0.1, -0.05) is 13.8 Å². The van der Waals surface area contributed by atoms with Gasteiger partial charge in [0, 0.05) is 12.1 Å². The van der Waals surface area contributed by atoms with E-state index >= 15 is 0 Å². The van der Waals surface area contributed by atoms with Crippen molar-refractivity contribution < 1.29 is 22.8 Å². The van der Waals surface area contributed by atoms with Gasteiger partial charge in [-0.15, -0.1) is 0 Å². The van der Waals surface area contributed by atoms with Crippen LogP contribution in [0.3, 0.4) is 0 Å². The first-order valence-corrected chi connectivity index (χ1v) is 7.24. The molecule has 0 saturated carbocycles. The molecule has 0 aliphatic heterocycles. The van der Waals surface area contributed by atoms with E-state index in [2.05, 4.69) is 4.72 Å². The van der Waals surface area contributed by atoms with Gasteiger partial charge >= 0.3 is 5.69 Å². The van der Waals surface area contributed by atoms with Crippen LogP contribution in [0.4, 0.5) is 10.1 Å². The molecule has 1 aromatic rings. The minimum absolute atomic E-state index is 0.176. The van der Waals surface area contributed by atoms with E-state index in [1.54, 1.807) is 13.8 Å². The lowest BCUT2D eigenvalue weighted by atomic mass is 10.1. The van der Waals surface area contributed by atoms with Gasteiger partial charge in [0.1, 0.15) is 0 Å². The van der Waals surface area contributed by atoms with Crippen molar-refractivity contribution in [2.45, 2.75) is 24.8 Å². The van der Waals surface area contributed by atoms with E-state index in [4.69, 9.17) is 5.11 Å². The van der Waals surface area contributed by atoms with E-state index in [1.807, 2.05) is 0 Å². The summed E-state index contributed by atoms with van der Waals surface area (Å²) in [5.74, 6) is -1.29. The van der Waals surface area contributed by atoms with Crippen molar-refractivity contribution >= 4 is 15.7 Å². The predicted octanol–water partition coefficient (Wildman–Crippen LogP) is 1.03. The molecule has 0 unspecified atom stereocenters. The standard InChI is InChI=1S/C11H15FN2O5S/c1-7(2)10(6-15)13-20(18,19)8-3-4-9(12)11(5-8)14(16)17/h3-5,7,10,13,15H,6H2,1-2H3/t10-/m1/s1. The number of halogens is 1. The Hall–Kier alpha value is -1.58. The lowest BCUT2D eigenvalue weighted by Crippen LogP contribution is -2.41. The highest BCUT2D eigenvalue weighted by molar-refractivity contribution is 7.89. The molecule has 0 aromatic heterocycles. The van der Waals surface area contributed by atoms with E-state index in [-0.39, 0.29) is 5.92 Å². The molecule has 1 rings (SSSR count). The maximum Gasteiger partial charge on any atom is 0.306 e. The van der Waals surface area contributed by atoms with Gasteiger partial charge in [0.05, 0.1) is 16.4 Å². The van der Waals surface area contributed by atoms with Crippen molar-refractivity contribution in [1.82, 2.24) is 4.72 Å². The lowest BCUT2D eigenvalue weighted by molar-refractivity contribution is -0.387. The molecule has 0 heterocycles. The molecule has 0 spiro atoms. The summed E-state index contributed by atoms with van der Waals surface area (Å²) in [6, 6.07) is 1.56. The molecule has 0 fully saturated rings. The maximum atomic E-state index is 13.2. The molecule has 0 bridgehead atoms. The van der Waals surface area contributed by atoms with Gasteiger partial charge in [-0.3, -0.25) is 10.1 Å². The molecule has 7 nitrogen and oxygen atoms in total. The SMILES string of the molecule is CC(C)[C@@H](CO)NS(=O)(=O)c1ccc(F)c([N+](=O)[O-])c1. The van der Waals surface area contributed by atoms with Crippen molar-refractivity contribution in [2.75, 3.05) is 6.61 Å². The zero-order valence-corrected chi connectivity index (χ0v) is 11.7. The van der Waals surface area contributed by atoms with Crippen molar-refractivity contribution in [3.05, 3.63) is 34.1 Å². The second-order valence-corrected chi connectivity index (χ2v) is 6.24. The highest BCUT2D eigenvalue weighted by Gasteiger charge is 2.25. The number of nitro groups is 1. The van der Waals surface area contributed by atoms with E-state index in [1.165, 1.54) is 0 Å². The molecule has 1 aromatic carbocycles. The number of aliphatic hydroxyl groups is 1. The number of nitrogens with one attached hydrogen (secondary N) is 1. The van der Waals surface area contributed by atoms with E-state index < -0.39 is 44.0 Å². The Balaban J connectivity index is 3.16. The van der Waals surface area contributed by atoms with Crippen molar-refractivity contribution in [2.24, 2.45) is 5.92 Å². The largest absolute Gasteiger partial charge is 0.395 e. The van der Waals surface area contributed by atoms with Crippen LogP contribution in [-0.4, -0.2) is 31.1 Å². The third-order valence-corrected chi connectivity index (χ3v) is 4.22. The number of nitrogens with zero attached hydrogens (tertiary/aromatic N) is 1. The average molecular weight is 306 g/mol. The average Bonchev–Trinajstić information content (AvgIpc) is 2.35. The quantitative estimate of drug-likeness (QED) is 0.602. The van der Waals surface area contributed by atoms with Crippen LogP contribution in [-0.2, 0) is 10.0 Å². The molecule has 1 atom stereocenters. The first-order valence-electron chi connectivity index (χ1n) is 5.76. The van der Waals surface area contributed by atoms with Crippen molar-refractivity contribution in [3.63, 3.8) is 0 Å². The highest BCUT2D eigenvalue weighted by atomic mass is 32.2. The van der Waals surface area contributed by atoms with Gasteiger partial charge in [-0.2, -0.15) is 4.39 Å². The summed E-state index contributed by atoms with van der Waals surface area (Å²) in [5, 5.41) is 19.7. The molecule has 112 valence electrons. The molecule has 20 heavy (non-hydrogen) atoms. The van der Waals surface area contributed by atoms with E-state index in [0.29, 0.717) is 6.07 Å². The summed E-state index contributed by atoms with van der Waals surface area (Å²) in [6.45, 7) is 2.99. The van der Waals surface area contributed by atoms with Gasteiger partial charge in [0.15, 0.2) is 0 Å². The van der Waals surface area contributed by atoms with Crippen LogP contribution in [0.2, 0.25) is 0 Å². The molecule has 2 N–H and O–H groups in total. The lowest BCUT2D eigenvalue weighted by Gasteiger charge is -2.19. The fourth-order valence-electron chi connectivity index (χ4n) is 1.45. The van der Waals surface area contributed by atoms with E-state index in [9.17, 15) is 22.9 Å². The minimum Gasteiger partial charge on any atom is -0.395 e. The van der Waals surface area contributed by atoms with E-state index in [0.717, 1.165) is 12.1 Å². The number of sulfonamides is 1. The molecular formula is C11H15FN2O5S. The first kappa shape index (κ1) is 16.5. The monoisotopic (exact) mass is 306 g/mol. The molecule has 9 heteroatoms. The van der Waals surface area contributed by atoms with Crippen LogP contribution in [0.15, 0.2) is 23.1 Å². The van der Waals surface area contributed by atoms with Gasteiger partial charge in [-0.25, -0.2) is 13.1 Å². The highest BCUT2D eigenvalue weighted by Crippen LogP contribution is 2.22. The second-order valence-electron chi connectivity index (χ2n) is 4.52. The molecule has 0 aliphatic carbocycles. The Morgan fingerprint density at radius 1 is 1.45 bits per heavy atom. The Morgan fingerprint density at radius 3 is 2.50 bits per heavy atom. The summed E-state index contributed by atoms with van der Waals surface area (Å²) in [6.07, 6.45) is 0. The van der Waals surface area contributed by atoms with Gasteiger partial charge < -0.3 is 5.11 Å². The van der Waals surface area contributed by atoms with Crippen LogP contribution >= 0.6 is 0 Å². The fourth-order valence-corrected chi connectivity index (χ4v) is 2.85. The minimum atomic E-state index is -4.07. The van der Waals surface area contributed by atoms with Gasteiger partial charge in [-0.05, 0) is 18.1 Å². The first-order chi connectivity index (χ1) is 9.19. The zero-order chi connectivity index (χ0) is 15.5. The second kappa shape index (κ2) is 6.25. The van der Waals surface area contributed by atoms with Gasteiger partial charge in [0.25, 0.3) is 0 Å². The Kier molecular flexibility index (Phi) is 5.15. The summed E-state index contributed by atoms with van der Waals surface area (Å²) in [5.41, 5.74) is -0.919. The number of benzene rings is 1. The number of hydrogen-bond acceptors (Lipinski definition) is 5. The van der Waals surface area contributed by atoms with Crippen LogP contribution in [0.25, 0.3) is 0 Å². The molecule has 0 amide bonds.